The van der Waals surface area contributed by atoms with Gasteiger partial charge in [-0.05, 0) is 66.7 Å². The molecule has 140 valence electrons. The molecule has 0 radical (unpaired) electrons. The van der Waals surface area contributed by atoms with Crippen molar-refractivity contribution in [2.24, 2.45) is 5.16 Å². The molecular weight excluding hydrogens is 413 g/mol. The van der Waals surface area contributed by atoms with Crippen LogP contribution in [0.3, 0.4) is 0 Å². The van der Waals surface area contributed by atoms with Crippen molar-refractivity contribution in [2.45, 2.75) is 40.0 Å². The van der Waals surface area contributed by atoms with Crippen LogP contribution in [0.2, 0.25) is 5.02 Å². The molecule has 7 heteroatoms. The fourth-order valence-electron chi connectivity index (χ4n) is 1.95. The average molecular weight is 437 g/mol. The molecule has 0 saturated heterocycles. The summed E-state index contributed by atoms with van der Waals surface area (Å²) in [7, 11) is 0. The largest absolute Gasteiger partial charge is 0.492 e. The number of aryl methyl sites for hydroxylation is 1. The Kier molecular flexibility index (Phi) is 10.6. The smallest absolute Gasteiger partial charge is 0.165 e. The fraction of sp³-hybridized carbons (Fsp3) is 0.500. The molecule has 0 bridgehead atoms. The van der Waals surface area contributed by atoms with Crippen LogP contribution in [0, 0.1) is 0 Å². The summed E-state index contributed by atoms with van der Waals surface area (Å²) >= 11 is 9.02. The van der Waals surface area contributed by atoms with Gasteiger partial charge in [-0.3, -0.25) is 0 Å². The van der Waals surface area contributed by atoms with Crippen LogP contribution in [0.5, 0.6) is 11.5 Å². The number of nitrogens with zero attached hydrogens (tertiary/aromatic N) is 1. The molecule has 1 aromatic rings. The van der Waals surface area contributed by atoms with E-state index >= 15 is 0 Å². The third kappa shape index (κ3) is 9.12. The predicted molar refractivity (Wildman–Crippen MR) is 104 cm³/mol. The molecule has 1 aromatic carbocycles. The lowest BCUT2D eigenvalue weighted by molar-refractivity contribution is 0.135. The molecule has 0 atom stereocenters. The standard InChI is InChI=1S/C18H24BrClFNO3/c1-4-14-11-15(23-10-7-17(19)21)12-16(20)18(14)24-8-5-6-9-25-22-13(2)3/h7,11-12H,4-6,8-10H2,1-3H3/b17-7+. The van der Waals surface area contributed by atoms with E-state index in [0.717, 1.165) is 30.5 Å². The van der Waals surface area contributed by atoms with Gasteiger partial charge in [0, 0.05) is 6.07 Å². The highest BCUT2D eigenvalue weighted by molar-refractivity contribution is 9.11. The third-order valence-corrected chi connectivity index (χ3v) is 3.69. The predicted octanol–water partition coefficient (Wildman–Crippen LogP) is 6.06. The van der Waals surface area contributed by atoms with Crippen LogP contribution < -0.4 is 9.47 Å². The molecule has 4 nitrogen and oxygen atoms in total. The van der Waals surface area contributed by atoms with Crippen molar-refractivity contribution in [1.29, 1.82) is 0 Å². The summed E-state index contributed by atoms with van der Waals surface area (Å²) in [6, 6.07) is 3.54. The summed E-state index contributed by atoms with van der Waals surface area (Å²) < 4.78 is 23.5. The van der Waals surface area contributed by atoms with Gasteiger partial charge in [-0.25, -0.2) is 0 Å². The minimum Gasteiger partial charge on any atom is -0.492 e. The second-order valence-electron chi connectivity index (χ2n) is 5.48. The maximum absolute atomic E-state index is 12.6. The van der Waals surface area contributed by atoms with E-state index in [9.17, 15) is 4.39 Å². The van der Waals surface area contributed by atoms with Gasteiger partial charge in [0.25, 0.3) is 0 Å². The molecule has 25 heavy (non-hydrogen) atoms. The molecular formula is C18H24BrClFNO3. The molecule has 1 rings (SSSR count). The number of rotatable bonds is 11. The highest BCUT2D eigenvalue weighted by Gasteiger charge is 2.11. The zero-order chi connectivity index (χ0) is 18.7. The van der Waals surface area contributed by atoms with Gasteiger partial charge in [0.15, 0.2) is 4.74 Å². The van der Waals surface area contributed by atoms with Gasteiger partial charge in [-0.15, -0.1) is 0 Å². The van der Waals surface area contributed by atoms with Crippen LogP contribution in [-0.4, -0.2) is 25.5 Å². The van der Waals surface area contributed by atoms with E-state index in [-0.39, 0.29) is 6.61 Å². The molecule has 0 aromatic heterocycles. The summed E-state index contributed by atoms with van der Waals surface area (Å²) in [5.41, 5.74) is 1.85. The molecule has 0 aliphatic carbocycles. The van der Waals surface area contributed by atoms with E-state index in [4.69, 9.17) is 25.9 Å². The molecule has 0 unspecified atom stereocenters. The molecule has 0 aliphatic heterocycles. The van der Waals surface area contributed by atoms with Gasteiger partial charge in [0.1, 0.15) is 24.7 Å². The lowest BCUT2D eigenvalue weighted by Crippen LogP contribution is -2.03. The lowest BCUT2D eigenvalue weighted by Gasteiger charge is -2.14. The Morgan fingerprint density at radius 3 is 2.60 bits per heavy atom. The van der Waals surface area contributed by atoms with Gasteiger partial charge in [-0.1, -0.05) is 23.7 Å². The van der Waals surface area contributed by atoms with Crippen molar-refractivity contribution in [3.05, 3.63) is 33.5 Å². The van der Waals surface area contributed by atoms with Crippen molar-refractivity contribution >= 4 is 33.2 Å². The SMILES string of the molecule is CCc1cc(OC/C=C(/F)Br)cc(Cl)c1OCCCCON=C(C)C. The quantitative estimate of drug-likeness (QED) is 0.240. The van der Waals surface area contributed by atoms with Crippen LogP contribution in [0.25, 0.3) is 0 Å². The molecule has 0 aliphatic rings. The second kappa shape index (κ2) is 12.1. The second-order valence-corrected chi connectivity index (χ2v) is 6.64. The van der Waals surface area contributed by atoms with E-state index < -0.39 is 4.74 Å². The first-order valence-electron chi connectivity index (χ1n) is 8.16. The Bertz CT molecular complexity index is 600. The Morgan fingerprint density at radius 1 is 1.24 bits per heavy atom. The number of ether oxygens (including phenoxy) is 2. The minimum atomic E-state index is -0.460. The van der Waals surface area contributed by atoms with Crippen LogP contribution >= 0.6 is 27.5 Å². The van der Waals surface area contributed by atoms with Crippen molar-refractivity contribution in [1.82, 2.24) is 0 Å². The monoisotopic (exact) mass is 435 g/mol. The topological polar surface area (TPSA) is 40.0 Å². The van der Waals surface area contributed by atoms with Gasteiger partial charge in [0.05, 0.1) is 17.3 Å². The van der Waals surface area contributed by atoms with Gasteiger partial charge < -0.3 is 14.3 Å². The van der Waals surface area contributed by atoms with Crippen LogP contribution in [0.15, 0.2) is 28.1 Å². The molecule has 0 saturated carbocycles. The zero-order valence-corrected chi connectivity index (χ0v) is 17.1. The third-order valence-electron chi connectivity index (χ3n) is 3.09. The summed E-state index contributed by atoms with van der Waals surface area (Å²) in [4.78, 5) is 5.14. The van der Waals surface area contributed by atoms with Crippen LogP contribution in [0.4, 0.5) is 4.39 Å². The minimum absolute atomic E-state index is 0.122. The number of oxime groups is 1. The summed E-state index contributed by atoms with van der Waals surface area (Å²) in [6.45, 7) is 7.01. The van der Waals surface area contributed by atoms with Crippen molar-refractivity contribution in [2.75, 3.05) is 19.8 Å². The Balaban J connectivity index is 2.53. The molecule has 0 fully saturated rings. The highest BCUT2D eigenvalue weighted by Crippen LogP contribution is 2.34. The zero-order valence-electron chi connectivity index (χ0n) is 14.8. The van der Waals surface area contributed by atoms with E-state index in [1.54, 1.807) is 6.07 Å². The maximum atomic E-state index is 12.6. The fourth-order valence-corrected chi connectivity index (χ4v) is 2.36. The Morgan fingerprint density at radius 2 is 1.96 bits per heavy atom. The summed E-state index contributed by atoms with van der Waals surface area (Å²) in [5, 5.41) is 4.36. The van der Waals surface area contributed by atoms with Crippen molar-refractivity contribution in [3.8, 4) is 11.5 Å². The summed E-state index contributed by atoms with van der Waals surface area (Å²) in [5.74, 6) is 1.25. The number of hydrogen-bond donors (Lipinski definition) is 0. The molecule has 0 N–H and O–H groups in total. The van der Waals surface area contributed by atoms with Gasteiger partial charge in [0.2, 0.25) is 0 Å². The Labute approximate surface area is 162 Å². The van der Waals surface area contributed by atoms with E-state index in [2.05, 4.69) is 21.1 Å². The summed E-state index contributed by atoms with van der Waals surface area (Å²) in [6.07, 6.45) is 3.73. The highest BCUT2D eigenvalue weighted by atomic mass is 79.9. The van der Waals surface area contributed by atoms with Gasteiger partial charge >= 0.3 is 0 Å². The van der Waals surface area contributed by atoms with Crippen LogP contribution in [-0.2, 0) is 11.3 Å². The number of hydrogen-bond acceptors (Lipinski definition) is 4. The average Bonchev–Trinajstić information content (AvgIpc) is 2.54. The molecule has 0 amide bonds. The van der Waals surface area contributed by atoms with Crippen LogP contribution in [0.1, 0.15) is 39.2 Å². The first-order chi connectivity index (χ1) is 11.9. The maximum Gasteiger partial charge on any atom is 0.165 e. The van der Waals surface area contributed by atoms with Crippen molar-refractivity contribution < 1.29 is 18.7 Å². The first-order valence-corrected chi connectivity index (χ1v) is 9.33. The lowest BCUT2D eigenvalue weighted by atomic mass is 10.1. The molecule has 0 heterocycles. The number of halogens is 3. The van der Waals surface area contributed by atoms with Crippen molar-refractivity contribution in [3.63, 3.8) is 0 Å². The number of unbranched alkanes of at least 4 members (excludes halogenated alkanes) is 1. The van der Waals surface area contributed by atoms with Gasteiger partial charge in [-0.2, -0.15) is 4.39 Å². The first kappa shape index (κ1) is 21.8. The van der Waals surface area contributed by atoms with E-state index in [1.165, 1.54) is 6.08 Å². The number of benzene rings is 1. The Hall–Kier alpha value is -1.27. The molecule has 0 spiro atoms. The van der Waals surface area contributed by atoms with E-state index in [0.29, 0.717) is 29.7 Å². The normalized spacial score (nSPS) is 11.2. The van der Waals surface area contributed by atoms with E-state index in [1.807, 2.05) is 26.8 Å².